The van der Waals surface area contributed by atoms with Crippen LogP contribution < -0.4 is 16.4 Å². The van der Waals surface area contributed by atoms with E-state index >= 15 is 0 Å². The van der Waals surface area contributed by atoms with Gasteiger partial charge in [-0.15, -0.1) is 0 Å². The van der Waals surface area contributed by atoms with Gasteiger partial charge in [-0.05, 0) is 13.0 Å². The van der Waals surface area contributed by atoms with Crippen molar-refractivity contribution in [3.8, 4) is 0 Å². The lowest BCUT2D eigenvalue weighted by Gasteiger charge is -2.26. The van der Waals surface area contributed by atoms with Gasteiger partial charge in [-0.2, -0.15) is 0 Å². The Labute approximate surface area is 122 Å². The minimum absolute atomic E-state index is 0.423. The molecule has 0 saturated carbocycles. The van der Waals surface area contributed by atoms with Crippen LogP contribution in [0.15, 0.2) is 0 Å². The first-order valence-corrected chi connectivity index (χ1v) is 6.84. The van der Waals surface area contributed by atoms with Crippen LogP contribution in [-0.2, 0) is 14.3 Å². The van der Waals surface area contributed by atoms with E-state index in [9.17, 15) is 14.4 Å². The Kier molecular flexibility index (Phi) is 7.48. The number of hydrogen-bond donors (Lipinski definition) is 4. The maximum absolute atomic E-state index is 11.5. The average molecular weight is 302 g/mol. The fourth-order valence-corrected chi connectivity index (χ4v) is 1.94. The summed E-state index contributed by atoms with van der Waals surface area (Å²) in [7, 11) is 0. The van der Waals surface area contributed by atoms with E-state index in [1.54, 1.807) is 0 Å². The second-order valence-corrected chi connectivity index (χ2v) is 4.77. The third-order valence-electron chi connectivity index (χ3n) is 3.05. The van der Waals surface area contributed by atoms with E-state index in [-0.39, 0.29) is 0 Å². The van der Waals surface area contributed by atoms with Gasteiger partial charge < -0.3 is 26.2 Å². The van der Waals surface area contributed by atoms with E-state index in [1.165, 1.54) is 0 Å². The first-order chi connectivity index (χ1) is 9.99. The van der Waals surface area contributed by atoms with Crippen LogP contribution >= 0.6 is 0 Å². The van der Waals surface area contributed by atoms with Crippen molar-refractivity contribution in [2.24, 2.45) is 5.73 Å². The summed E-state index contributed by atoms with van der Waals surface area (Å²) in [6, 6.07) is -1.92. The van der Waals surface area contributed by atoms with Gasteiger partial charge in [-0.25, -0.2) is 9.59 Å². The molecule has 5 N–H and O–H groups in total. The van der Waals surface area contributed by atoms with Gasteiger partial charge in [0.15, 0.2) is 0 Å². The number of carbonyl (C=O) groups excluding carboxylic acids is 2. The quantitative estimate of drug-likeness (QED) is 0.396. The summed E-state index contributed by atoms with van der Waals surface area (Å²) in [6.45, 7) is 4.47. The van der Waals surface area contributed by atoms with Crippen LogP contribution in [0.1, 0.15) is 12.8 Å². The lowest BCUT2D eigenvalue weighted by Crippen LogP contribution is -2.48. The van der Waals surface area contributed by atoms with Crippen LogP contribution in [0.5, 0.6) is 0 Å². The predicted octanol–water partition coefficient (Wildman–Crippen LogP) is -1.66. The number of primary amides is 1. The van der Waals surface area contributed by atoms with E-state index in [0.717, 1.165) is 39.3 Å². The summed E-state index contributed by atoms with van der Waals surface area (Å²) in [5.41, 5.74) is 4.92. The molecule has 0 aliphatic carbocycles. The molecule has 21 heavy (non-hydrogen) atoms. The number of aliphatic carboxylic acids is 1. The maximum atomic E-state index is 11.5. The highest BCUT2D eigenvalue weighted by atomic mass is 16.5. The SMILES string of the molecule is NC(=O)C[C@@H](NC(=O)NCCCN1CCOCC1)C(=O)O. The molecular weight excluding hydrogens is 280 g/mol. The molecule has 0 aromatic carbocycles. The number of amides is 3. The van der Waals surface area contributed by atoms with Crippen molar-refractivity contribution < 1.29 is 24.2 Å². The fraction of sp³-hybridized carbons (Fsp3) is 0.750. The smallest absolute Gasteiger partial charge is 0.326 e. The molecule has 1 rings (SSSR count). The monoisotopic (exact) mass is 302 g/mol. The molecule has 1 saturated heterocycles. The zero-order valence-corrected chi connectivity index (χ0v) is 11.8. The molecule has 1 aliphatic heterocycles. The molecule has 0 unspecified atom stereocenters. The molecule has 3 amide bonds. The molecule has 0 bridgehead atoms. The number of morpholine rings is 1. The van der Waals surface area contributed by atoms with Crippen molar-refractivity contribution in [2.45, 2.75) is 18.9 Å². The third kappa shape index (κ3) is 7.47. The summed E-state index contributed by atoms with van der Waals surface area (Å²) in [6.07, 6.45) is 0.317. The summed E-state index contributed by atoms with van der Waals surface area (Å²) in [5.74, 6) is -2.08. The molecule has 1 fully saturated rings. The second-order valence-electron chi connectivity index (χ2n) is 4.77. The van der Waals surface area contributed by atoms with Crippen LogP contribution in [0.3, 0.4) is 0 Å². The van der Waals surface area contributed by atoms with E-state index in [1.807, 2.05) is 0 Å². The Morgan fingerprint density at radius 2 is 1.95 bits per heavy atom. The van der Waals surface area contributed by atoms with Crippen LogP contribution in [0.2, 0.25) is 0 Å². The number of carboxylic acid groups (broad SMARTS) is 1. The number of nitrogens with two attached hydrogens (primary N) is 1. The number of nitrogens with zero attached hydrogens (tertiary/aromatic N) is 1. The number of urea groups is 1. The lowest BCUT2D eigenvalue weighted by molar-refractivity contribution is -0.140. The predicted molar refractivity (Wildman–Crippen MR) is 73.6 cm³/mol. The van der Waals surface area contributed by atoms with Crippen molar-refractivity contribution >= 4 is 17.9 Å². The first kappa shape index (κ1) is 17.2. The largest absolute Gasteiger partial charge is 0.480 e. The number of ether oxygens (including phenoxy) is 1. The zero-order valence-electron chi connectivity index (χ0n) is 11.8. The van der Waals surface area contributed by atoms with Gasteiger partial charge in [0, 0.05) is 19.6 Å². The first-order valence-electron chi connectivity index (χ1n) is 6.84. The van der Waals surface area contributed by atoms with E-state index in [2.05, 4.69) is 15.5 Å². The van der Waals surface area contributed by atoms with Crippen LogP contribution in [0.4, 0.5) is 4.79 Å². The van der Waals surface area contributed by atoms with Gasteiger partial charge in [0.25, 0.3) is 0 Å². The molecule has 0 spiro atoms. The van der Waals surface area contributed by atoms with Crippen LogP contribution in [0, 0.1) is 0 Å². The minimum Gasteiger partial charge on any atom is -0.480 e. The summed E-state index contributed by atoms with van der Waals surface area (Å²) in [5, 5.41) is 13.6. The molecule has 0 radical (unpaired) electrons. The molecule has 1 heterocycles. The molecule has 9 heteroatoms. The number of carbonyl (C=O) groups is 3. The number of rotatable bonds is 8. The van der Waals surface area contributed by atoms with E-state index < -0.39 is 30.4 Å². The number of carboxylic acids is 1. The van der Waals surface area contributed by atoms with Gasteiger partial charge in [0.1, 0.15) is 6.04 Å². The van der Waals surface area contributed by atoms with E-state index in [4.69, 9.17) is 15.6 Å². The Balaban J connectivity index is 2.16. The Morgan fingerprint density at radius 1 is 1.29 bits per heavy atom. The van der Waals surface area contributed by atoms with Gasteiger partial charge in [0.2, 0.25) is 5.91 Å². The van der Waals surface area contributed by atoms with Crippen LogP contribution in [-0.4, -0.2) is 73.3 Å². The van der Waals surface area contributed by atoms with Crippen molar-refractivity contribution in [1.29, 1.82) is 0 Å². The minimum atomic E-state index is -1.30. The van der Waals surface area contributed by atoms with Crippen molar-refractivity contribution in [1.82, 2.24) is 15.5 Å². The van der Waals surface area contributed by atoms with Crippen molar-refractivity contribution in [3.63, 3.8) is 0 Å². The Bertz CT molecular complexity index is 371. The highest BCUT2D eigenvalue weighted by molar-refractivity contribution is 5.87. The molecule has 0 aromatic heterocycles. The second kappa shape index (κ2) is 9.14. The summed E-state index contributed by atoms with van der Waals surface area (Å²) in [4.78, 5) is 35.3. The standard InChI is InChI=1S/C12H22N4O5/c13-10(17)8-9(11(18)19)15-12(20)14-2-1-3-16-4-6-21-7-5-16/h9H,1-8H2,(H2,13,17)(H,18,19)(H2,14,15,20)/t9-/m1/s1. The highest BCUT2D eigenvalue weighted by Gasteiger charge is 2.21. The normalized spacial score (nSPS) is 17.0. The topological polar surface area (TPSA) is 134 Å². The molecule has 1 atom stereocenters. The molecule has 0 aromatic rings. The van der Waals surface area contributed by atoms with Crippen molar-refractivity contribution in [2.75, 3.05) is 39.4 Å². The molecule has 120 valence electrons. The summed E-state index contributed by atoms with van der Waals surface area (Å²) >= 11 is 0. The summed E-state index contributed by atoms with van der Waals surface area (Å²) < 4.78 is 5.23. The Morgan fingerprint density at radius 3 is 2.52 bits per heavy atom. The van der Waals surface area contributed by atoms with Gasteiger partial charge in [-0.1, -0.05) is 0 Å². The zero-order chi connectivity index (χ0) is 15.7. The van der Waals surface area contributed by atoms with Gasteiger partial charge in [-0.3, -0.25) is 9.69 Å². The fourth-order valence-electron chi connectivity index (χ4n) is 1.94. The maximum Gasteiger partial charge on any atom is 0.326 e. The van der Waals surface area contributed by atoms with Crippen LogP contribution in [0.25, 0.3) is 0 Å². The van der Waals surface area contributed by atoms with Crippen molar-refractivity contribution in [3.05, 3.63) is 0 Å². The van der Waals surface area contributed by atoms with E-state index in [0.29, 0.717) is 6.54 Å². The number of hydrogen-bond acceptors (Lipinski definition) is 5. The molecular formula is C12H22N4O5. The molecule has 1 aliphatic rings. The highest BCUT2D eigenvalue weighted by Crippen LogP contribution is 1.97. The Hall–Kier alpha value is -1.87. The lowest BCUT2D eigenvalue weighted by atomic mass is 10.2. The third-order valence-corrected chi connectivity index (χ3v) is 3.05. The van der Waals surface area contributed by atoms with Gasteiger partial charge in [0.05, 0.1) is 19.6 Å². The average Bonchev–Trinajstić information content (AvgIpc) is 2.43. The molecule has 9 nitrogen and oxygen atoms in total. The number of nitrogens with one attached hydrogen (secondary N) is 2. The van der Waals surface area contributed by atoms with Gasteiger partial charge >= 0.3 is 12.0 Å².